The lowest BCUT2D eigenvalue weighted by molar-refractivity contribution is 0.543. The summed E-state index contributed by atoms with van der Waals surface area (Å²) in [5.41, 5.74) is 0.0783. The van der Waals surface area contributed by atoms with Crippen molar-refractivity contribution in [2.45, 2.75) is 13.5 Å². The van der Waals surface area contributed by atoms with E-state index in [1.807, 2.05) is 0 Å². The second-order valence-corrected chi connectivity index (χ2v) is 3.54. The zero-order chi connectivity index (χ0) is 10.7. The van der Waals surface area contributed by atoms with Gasteiger partial charge in [-0.25, -0.2) is 18.6 Å². The Balaban J connectivity index is 3.31. The number of aryl methyl sites for hydroxylation is 1. The number of rotatable bonds is 2. The van der Waals surface area contributed by atoms with E-state index in [1.54, 1.807) is 0 Å². The minimum Gasteiger partial charge on any atom is -0.211 e. The van der Waals surface area contributed by atoms with Crippen LogP contribution in [0.4, 0.5) is 8.78 Å². The van der Waals surface area contributed by atoms with E-state index in [2.05, 4.69) is 20.9 Å². The largest absolute Gasteiger partial charge is 0.235 e. The Hall–Kier alpha value is -1.06. The molecule has 74 valence electrons. The molecule has 0 aliphatic carbocycles. The molecule has 1 rings (SSSR count). The molecular weight excluding hydrogens is 256 g/mol. The van der Waals surface area contributed by atoms with E-state index in [9.17, 15) is 13.6 Å². The smallest absolute Gasteiger partial charge is 0.211 e. The predicted octanol–water partition coefficient (Wildman–Crippen LogP) is 2.87. The van der Waals surface area contributed by atoms with Crippen LogP contribution in [0.5, 0.6) is 0 Å². The first-order valence-electron chi connectivity index (χ1n) is 3.74. The van der Waals surface area contributed by atoms with Gasteiger partial charge in [0.1, 0.15) is 11.6 Å². The molecule has 0 radical (unpaired) electrons. The van der Waals surface area contributed by atoms with E-state index in [1.165, 1.54) is 19.1 Å². The lowest BCUT2D eigenvalue weighted by Gasteiger charge is -2.05. The van der Waals surface area contributed by atoms with Crippen LogP contribution in [0, 0.1) is 18.6 Å². The van der Waals surface area contributed by atoms with Gasteiger partial charge in [-0.15, -0.1) is 0 Å². The molecule has 1 aromatic rings. The van der Waals surface area contributed by atoms with Gasteiger partial charge >= 0.3 is 0 Å². The van der Waals surface area contributed by atoms with Crippen LogP contribution in [0.15, 0.2) is 15.5 Å². The maximum Gasteiger partial charge on any atom is 0.235 e. The van der Waals surface area contributed by atoms with Crippen LogP contribution >= 0.6 is 15.9 Å². The molecule has 0 N–H and O–H groups in total. The number of nitrogens with zero attached hydrogens (tertiary/aromatic N) is 1. The van der Waals surface area contributed by atoms with Crippen LogP contribution in [0.25, 0.3) is 0 Å². The van der Waals surface area contributed by atoms with E-state index in [4.69, 9.17) is 0 Å². The average molecular weight is 262 g/mol. The Bertz CT molecular complexity index is 388. The predicted molar refractivity (Wildman–Crippen MR) is 50.6 cm³/mol. The Morgan fingerprint density at radius 2 is 2.14 bits per heavy atom. The van der Waals surface area contributed by atoms with Crippen molar-refractivity contribution in [1.82, 2.24) is 0 Å². The van der Waals surface area contributed by atoms with Gasteiger partial charge in [0, 0.05) is 5.56 Å². The number of halogens is 3. The molecule has 0 saturated heterocycles. The van der Waals surface area contributed by atoms with Gasteiger partial charge in [-0.1, -0.05) is 0 Å². The summed E-state index contributed by atoms with van der Waals surface area (Å²) in [6, 6.07) is 1.33. The van der Waals surface area contributed by atoms with Crippen molar-refractivity contribution in [1.29, 1.82) is 0 Å². The molecule has 0 amide bonds. The Morgan fingerprint density at radius 3 is 2.71 bits per heavy atom. The number of benzene rings is 1. The summed E-state index contributed by atoms with van der Waals surface area (Å²) >= 11 is 2.94. The Morgan fingerprint density at radius 1 is 1.50 bits per heavy atom. The SMILES string of the molecule is Cc1cc(Br)c(F)c(CN=C=O)c1F. The van der Waals surface area contributed by atoms with Gasteiger partial charge in [0.05, 0.1) is 11.0 Å². The first kappa shape index (κ1) is 11.0. The van der Waals surface area contributed by atoms with Crippen molar-refractivity contribution in [3.8, 4) is 0 Å². The van der Waals surface area contributed by atoms with Crippen LogP contribution in [0.3, 0.4) is 0 Å². The standard InChI is InChI=1S/C9H6BrF2NO/c1-5-2-7(10)9(12)6(8(5)11)3-13-4-14/h2H,3H2,1H3. The highest BCUT2D eigenvalue weighted by Gasteiger charge is 2.14. The van der Waals surface area contributed by atoms with Crippen molar-refractivity contribution in [3.05, 3.63) is 33.3 Å². The fourth-order valence-corrected chi connectivity index (χ4v) is 1.63. The molecule has 2 nitrogen and oxygen atoms in total. The fraction of sp³-hybridized carbons (Fsp3) is 0.222. The summed E-state index contributed by atoms with van der Waals surface area (Å²) < 4.78 is 26.8. The molecule has 0 aromatic heterocycles. The van der Waals surface area contributed by atoms with Gasteiger partial charge in [0.2, 0.25) is 6.08 Å². The molecule has 0 aliphatic heterocycles. The minimum absolute atomic E-state index is 0.160. The molecule has 1 aromatic carbocycles. The highest BCUT2D eigenvalue weighted by molar-refractivity contribution is 9.10. The molecule has 14 heavy (non-hydrogen) atoms. The molecule has 0 atom stereocenters. The molecule has 5 heteroatoms. The molecule has 0 fully saturated rings. The summed E-state index contributed by atoms with van der Waals surface area (Å²) in [6.07, 6.45) is 1.24. The topological polar surface area (TPSA) is 29.4 Å². The second kappa shape index (κ2) is 4.44. The lowest BCUT2D eigenvalue weighted by Crippen LogP contribution is -1.98. The molecular formula is C9H6BrF2NO. The van der Waals surface area contributed by atoms with Crippen molar-refractivity contribution in [2.24, 2.45) is 4.99 Å². The van der Waals surface area contributed by atoms with Gasteiger partial charge < -0.3 is 0 Å². The van der Waals surface area contributed by atoms with Crippen molar-refractivity contribution < 1.29 is 13.6 Å². The Kier molecular flexibility index (Phi) is 3.49. The number of carbonyl (C=O) groups excluding carboxylic acids is 1. The normalized spacial score (nSPS) is 9.71. The van der Waals surface area contributed by atoms with Crippen molar-refractivity contribution in [2.75, 3.05) is 0 Å². The van der Waals surface area contributed by atoms with Crippen molar-refractivity contribution in [3.63, 3.8) is 0 Å². The minimum atomic E-state index is -0.730. The second-order valence-electron chi connectivity index (χ2n) is 2.69. The van der Waals surface area contributed by atoms with Crippen LogP contribution < -0.4 is 0 Å². The summed E-state index contributed by atoms with van der Waals surface area (Å²) in [5, 5.41) is 0. The Labute approximate surface area is 87.8 Å². The van der Waals surface area contributed by atoms with Crippen LogP contribution in [-0.4, -0.2) is 6.08 Å². The highest BCUT2D eigenvalue weighted by atomic mass is 79.9. The fourth-order valence-electron chi connectivity index (χ4n) is 1.05. The van der Waals surface area contributed by atoms with Gasteiger partial charge in [-0.2, -0.15) is 0 Å². The summed E-state index contributed by atoms with van der Waals surface area (Å²) in [5.74, 6) is -1.41. The number of hydrogen-bond donors (Lipinski definition) is 0. The van der Waals surface area contributed by atoms with Gasteiger partial charge in [0.25, 0.3) is 0 Å². The zero-order valence-corrected chi connectivity index (χ0v) is 8.86. The number of aliphatic imine (C=N–C) groups is 1. The van der Waals surface area contributed by atoms with E-state index in [0.717, 1.165) is 0 Å². The van der Waals surface area contributed by atoms with Gasteiger partial charge in [-0.05, 0) is 34.5 Å². The number of hydrogen-bond acceptors (Lipinski definition) is 2. The molecule has 0 aliphatic rings. The lowest BCUT2D eigenvalue weighted by atomic mass is 10.1. The number of isocyanates is 1. The molecule has 0 bridgehead atoms. The highest BCUT2D eigenvalue weighted by Crippen LogP contribution is 2.25. The van der Waals surface area contributed by atoms with Gasteiger partial charge in [-0.3, -0.25) is 0 Å². The summed E-state index contributed by atoms with van der Waals surface area (Å²) in [6.45, 7) is 1.18. The maximum absolute atomic E-state index is 13.3. The first-order chi connectivity index (χ1) is 6.57. The average Bonchev–Trinajstić information content (AvgIpc) is 2.15. The zero-order valence-electron chi connectivity index (χ0n) is 7.27. The summed E-state index contributed by atoms with van der Waals surface area (Å²) in [7, 11) is 0. The van der Waals surface area contributed by atoms with E-state index >= 15 is 0 Å². The van der Waals surface area contributed by atoms with E-state index in [-0.39, 0.29) is 16.6 Å². The molecule has 0 unspecified atom stereocenters. The van der Waals surface area contributed by atoms with Crippen molar-refractivity contribution >= 4 is 22.0 Å². The molecule has 0 saturated carbocycles. The quantitative estimate of drug-likeness (QED) is 0.457. The van der Waals surface area contributed by atoms with Gasteiger partial charge in [0.15, 0.2) is 0 Å². The van der Waals surface area contributed by atoms with Crippen LogP contribution in [0.1, 0.15) is 11.1 Å². The van der Waals surface area contributed by atoms with E-state index in [0.29, 0.717) is 5.56 Å². The molecule has 0 spiro atoms. The summed E-state index contributed by atoms with van der Waals surface area (Å²) in [4.78, 5) is 13.0. The third-order valence-corrected chi connectivity index (χ3v) is 2.31. The van der Waals surface area contributed by atoms with Crippen LogP contribution in [-0.2, 0) is 11.3 Å². The third-order valence-electron chi connectivity index (χ3n) is 1.73. The monoisotopic (exact) mass is 261 g/mol. The first-order valence-corrected chi connectivity index (χ1v) is 4.53. The molecule has 0 heterocycles. The maximum atomic E-state index is 13.3. The van der Waals surface area contributed by atoms with E-state index < -0.39 is 11.6 Å². The third kappa shape index (κ3) is 2.05. The van der Waals surface area contributed by atoms with Crippen LogP contribution in [0.2, 0.25) is 0 Å².